The van der Waals surface area contributed by atoms with Crippen molar-refractivity contribution in [3.63, 3.8) is 0 Å². The van der Waals surface area contributed by atoms with Crippen molar-refractivity contribution in [1.82, 2.24) is 10.0 Å². The summed E-state index contributed by atoms with van der Waals surface area (Å²) in [7, 11) is -2.32. The van der Waals surface area contributed by atoms with Gasteiger partial charge in [-0.1, -0.05) is 29.3 Å². The lowest BCUT2D eigenvalue weighted by molar-refractivity contribution is 0.0956. The molecule has 2 aromatic carbocycles. The molecule has 8 heteroatoms. The predicted molar refractivity (Wildman–Crippen MR) is 102 cm³/mol. The first-order valence-corrected chi connectivity index (χ1v) is 10.4. The quantitative estimate of drug-likeness (QED) is 0.555. The summed E-state index contributed by atoms with van der Waals surface area (Å²) >= 11 is 7.65. The molecule has 0 aromatic heterocycles. The van der Waals surface area contributed by atoms with Gasteiger partial charge < -0.3 is 5.32 Å². The van der Waals surface area contributed by atoms with Gasteiger partial charge in [0.25, 0.3) is 5.91 Å². The molecule has 0 unspecified atom stereocenters. The van der Waals surface area contributed by atoms with Crippen molar-refractivity contribution in [3.05, 3.63) is 58.6 Å². The van der Waals surface area contributed by atoms with Crippen LogP contribution in [0.15, 0.2) is 52.3 Å². The molecule has 0 heterocycles. The number of hydrogen-bond acceptors (Lipinski definition) is 4. The molecule has 0 fully saturated rings. The smallest absolute Gasteiger partial charge is 0.252 e. The van der Waals surface area contributed by atoms with Crippen molar-refractivity contribution in [2.45, 2.75) is 16.7 Å². The molecule has 0 atom stereocenters. The van der Waals surface area contributed by atoms with Crippen molar-refractivity contribution in [1.29, 1.82) is 0 Å². The zero-order chi connectivity index (χ0) is 18.4. The van der Waals surface area contributed by atoms with Crippen LogP contribution in [-0.2, 0) is 10.0 Å². The molecule has 0 saturated heterocycles. The van der Waals surface area contributed by atoms with Gasteiger partial charge in [-0.25, -0.2) is 13.1 Å². The fourth-order valence-electron chi connectivity index (χ4n) is 2.03. The van der Waals surface area contributed by atoms with Crippen molar-refractivity contribution in [2.24, 2.45) is 0 Å². The van der Waals surface area contributed by atoms with E-state index in [1.165, 1.54) is 30.8 Å². The van der Waals surface area contributed by atoms with Crippen LogP contribution in [-0.4, -0.2) is 33.7 Å². The molecule has 134 valence electrons. The van der Waals surface area contributed by atoms with Gasteiger partial charge in [0.2, 0.25) is 10.0 Å². The van der Waals surface area contributed by atoms with Gasteiger partial charge in [0.1, 0.15) is 0 Å². The van der Waals surface area contributed by atoms with Gasteiger partial charge in [-0.2, -0.15) is 0 Å². The Morgan fingerprint density at radius 2 is 1.84 bits per heavy atom. The third-order valence-electron chi connectivity index (χ3n) is 3.44. The molecule has 0 aliphatic heterocycles. The fraction of sp³-hybridized carbons (Fsp3) is 0.235. The van der Waals surface area contributed by atoms with Crippen LogP contribution in [0.2, 0.25) is 5.02 Å². The molecule has 0 aliphatic carbocycles. The summed E-state index contributed by atoms with van der Waals surface area (Å²) in [5.74, 6) is 0.295. The Morgan fingerprint density at radius 1 is 1.16 bits per heavy atom. The molecule has 0 spiro atoms. The Morgan fingerprint density at radius 3 is 2.48 bits per heavy atom. The van der Waals surface area contributed by atoms with E-state index in [9.17, 15) is 13.2 Å². The first-order chi connectivity index (χ1) is 11.8. The Kier molecular flexibility index (Phi) is 6.89. The largest absolute Gasteiger partial charge is 0.351 e. The molecular formula is C17H19ClN2O3S2. The summed E-state index contributed by atoms with van der Waals surface area (Å²) in [4.78, 5) is 13.4. The minimum Gasteiger partial charge on any atom is -0.351 e. The molecule has 0 bridgehead atoms. The van der Waals surface area contributed by atoms with E-state index in [0.29, 0.717) is 12.3 Å². The van der Waals surface area contributed by atoms with Gasteiger partial charge in [0.15, 0.2) is 0 Å². The first-order valence-electron chi connectivity index (χ1n) is 7.54. The Bertz CT molecular complexity index is 853. The average molecular weight is 399 g/mol. The highest BCUT2D eigenvalue weighted by molar-refractivity contribution is 7.99. The number of rotatable bonds is 7. The second-order valence-electron chi connectivity index (χ2n) is 5.27. The molecule has 25 heavy (non-hydrogen) atoms. The van der Waals surface area contributed by atoms with Crippen LogP contribution in [0, 0.1) is 6.92 Å². The molecule has 2 rings (SSSR count). The summed E-state index contributed by atoms with van der Waals surface area (Å²) in [6.07, 6.45) is 0. The SMILES string of the molecule is CNS(=O)(=O)c1ccc(Cl)c(C(=O)NCCSc2ccc(C)cc2)c1. The summed E-state index contributed by atoms with van der Waals surface area (Å²) in [5, 5.41) is 2.97. The molecule has 5 nitrogen and oxygen atoms in total. The van der Waals surface area contributed by atoms with E-state index in [4.69, 9.17) is 11.6 Å². The van der Waals surface area contributed by atoms with Gasteiger partial charge >= 0.3 is 0 Å². The maximum atomic E-state index is 12.3. The molecule has 0 radical (unpaired) electrons. The van der Waals surface area contributed by atoms with Crippen LogP contribution >= 0.6 is 23.4 Å². The molecule has 2 aromatic rings. The van der Waals surface area contributed by atoms with E-state index < -0.39 is 15.9 Å². The maximum Gasteiger partial charge on any atom is 0.252 e. The van der Waals surface area contributed by atoms with Crippen molar-refractivity contribution in [2.75, 3.05) is 19.3 Å². The summed E-state index contributed by atoms with van der Waals surface area (Å²) in [6, 6.07) is 12.2. The molecule has 0 saturated carbocycles. The van der Waals surface area contributed by atoms with E-state index in [0.717, 1.165) is 4.90 Å². The van der Waals surface area contributed by atoms with E-state index in [1.807, 2.05) is 31.2 Å². The van der Waals surface area contributed by atoms with Crippen LogP contribution in [0.1, 0.15) is 15.9 Å². The lowest BCUT2D eigenvalue weighted by Crippen LogP contribution is -2.26. The lowest BCUT2D eigenvalue weighted by Gasteiger charge is -2.09. The van der Waals surface area contributed by atoms with Gasteiger partial charge in [-0.05, 0) is 44.3 Å². The molecule has 1 amide bonds. The number of nitrogens with one attached hydrogen (secondary N) is 2. The monoisotopic (exact) mass is 398 g/mol. The van der Waals surface area contributed by atoms with Gasteiger partial charge in [0, 0.05) is 17.2 Å². The van der Waals surface area contributed by atoms with Gasteiger partial charge in [-0.3, -0.25) is 4.79 Å². The average Bonchev–Trinajstić information content (AvgIpc) is 2.60. The Labute approximate surface area is 157 Å². The highest BCUT2D eigenvalue weighted by atomic mass is 35.5. The third kappa shape index (κ3) is 5.47. The summed E-state index contributed by atoms with van der Waals surface area (Å²) in [6.45, 7) is 2.47. The Hall–Kier alpha value is -1.54. The number of thioether (sulfide) groups is 1. The zero-order valence-electron chi connectivity index (χ0n) is 13.9. The normalized spacial score (nSPS) is 11.3. The van der Waals surface area contributed by atoms with E-state index in [2.05, 4.69) is 10.0 Å². The summed E-state index contributed by atoms with van der Waals surface area (Å²) < 4.78 is 25.9. The minimum atomic E-state index is -3.63. The van der Waals surface area contributed by atoms with Crippen LogP contribution in [0.5, 0.6) is 0 Å². The molecule has 0 aliphatic rings. The number of carbonyl (C=O) groups is 1. The number of benzene rings is 2. The zero-order valence-corrected chi connectivity index (χ0v) is 16.3. The lowest BCUT2D eigenvalue weighted by atomic mass is 10.2. The van der Waals surface area contributed by atoms with Crippen LogP contribution < -0.4 is 10.0 Å². The van der Waals surface area contributed by atoms with E-state index in [1.54, 1.807) is 11.8 Å². The topological polar surface area (TPSA) is 75.3 Å². The van der Waals surface area contributed by atoms with Gasteiger partial charge in [0.05, 0.1) is 15.5 Å². The van der Waals surface area contributed by atoms with Crippen molar-refractivity contribution >= 4 is 39.3 Å². The maximum absolute atomic E-state index is 12.3. The molecular weight excluding hydrogens is 380 g/mol. The second kappa shape index (κ2) is 8.71. The number of hydrogen-bond donors (Lipinski definition) is 2. The minimum absolute atomic E-state index is 0.00131. The highest BCUT2D eigenvalue weighted by Gasteiger charge is 2.17. The van der Waals surface area contributed by atoms with Crippen molar-refractivity contribution < 1.29 is 13.2 Å². The standard InChI is InChI=1S/C17H19ClN2O3S2/c1-12-3-5-13(6-4-12)24-10-9-20-17(21)15-11-14(7-8-16(15)18)25(22,23)19-2/h3-8,11,19H,9-10H2,1-2H3,(H,20,21). The number of aryl methyl sites for hydroxylation is 1. The molecule has 2 N–H and O–H groups in total. The fourth-order valence-corrected chi connectivity index (χ4v) is 3.75. The number of sulfonamides is 1. The van der Waals surface area contributed by atoms with Crippen molar-refractivity contribution in [3.8, 4) is 0 Å². The highest BCUT2D eigenvalue weighted by Crippen LogP contribution is 2.21. The van der Waals surface area contributed by atoms with Crippen LogP contribution in [0.4, 0.5) is 0 Å². The first kappa shape index (κ1) is 19.8. The second-order valence-corrected chi connectivity index (χ2v) is 8.73. The predicted octanol–water partition coefficient (Wildman–Crippen LogP) is 3.08. The van der Waals surface area contributed by atoms with Crippen LogP contribution in [0.3, 0.4) is 0 Å². The number of amides is 1. The van der Waals surface area contributed by atoms with Gasteiger partial charge in [-0.15, -0.1) is 11.8 Å². The number of carbonyl (C=O) groups excluding carboxylic acids is 1. The summed E-state index contributed by atoms with van der Waals surface area (Å²) in [5.41, 5.74) is 1.34. The third-order valence-corrected chi connectivity index (χ3v) is 6.19. The Balaban J connectivity index is 1.96. The van der Waals surface area contributed by atoms with Crippen LogP contribution in [0.25, 0.3) is 0 Å². The van der Waals surface area contributed by atoms with E-state index >= 15 is 0 Å². The number of halogens is 1. The van der Waals surface area contributed by atoms with E-state index in [-0.39, 0.29) is 15.5 Å².